The first-order valence-corrected chi connectivity index (χ1v) is 15.8. The van der Waals surface area contributed by atoms with Crippen molar-refractivity contribution >= 4 is 41.7 Å². The predicted molar refractivity (Wildman–Crippen MR) is 158 cm³/mol. The highest BCUT2D eigenvalue weighted by molar-refractivity contribution is 8.03. The Morgan fingerprint density at radius 1 is 1.24 bits per heavy atom. The van der Waals surface area contributed by atoms with Crippen molar-refractivity contribution in [1.29, 1.82) is 0 Å². The molecule has 4 aliphatic rings. The van der Waals surface area contributed by atoms with Crippen LogP contribution in [0.3, 0.4) is 0 Å². The lowest BCUT2D eigenvalue weighted by molar-refractivity contribution is -0.163. The summed E-state index contributed by atoms with van der Waals surface area (Å²) in [6, 6.07) is -0.752. The molecule has 0 aromatic heterocycles. The number of aliphatic hydroxyl groups excluding tert-OH is 1. The van der Waals surface area contributed by atoms with Gasteiger partial charge in [0.05, 0.1) is 24.1 Å². The van der Waals surface area contributed by atoms with Gasteiger partial charge in [0.15, 0.2) is 0 Å². The molecule has 3 amide bonds. The van der Waals surface area contributed by atoms with Crippen LogP contribution < -0.4 is 16.0 Å². The zero-order valence-corrected chi connectivity index (χ0v) is 25.1. The van der Waals surface area contributed by atoms with Crippen LogP contribution in [0.25, 0.3) is 0 Å². The van der Waals surface area contributed by atoms with E-state index in [9.17, 15) is 29.4 Å². The number of nitrogens with one attached hydrogen (secondary N) is 3. The highest BCUT2D eigenvalue weighted by Crippen LogP contribution is 2.51. The van der Waals surface area contributed by atoms with Gasteiger partial charge in [-0.1, -0.05) is 19.4 Å². The Labute approximate surface area is 250 Å². The lowest BCUT2D eigenvalue weighted by atomic mass is 9.79. The Kier molecular flexibility index (Phi) is 11.6. The van der Waals surface area contributed by atoms with E-state index < -0.39 is 24.0 Å². The standard InChI is InChI=1S/C29H43N5O7S/c1-17-24-23(18(2)35)28(38)34(24)25(29(39)40)26(17)42-20-13-21(33-15-20)27(37)32-11-6-10-31-22(36)16-41-12-4-3-7-19-8-5-9-30-14-19/h5,9,14,17-21,23-24,33,35H,3-4,6-8,10-13,15-16H2,1-2H3,(H,31,36)(H,32,37)(H,39,40)/t17-,18-,19?,20+,21+,23-,24?/m1/s1. The molecule has 42 heavy (non-hydrogen) atoms. The number of fused-ring (bicyclic) bond motifs is 1. The number of ether oxygens (including phenoxy) is 1. The number of nitrogens with zero attached hydrogens (tertiary/aromatic N) is 2. The number of thioether (sulfide) groups is 1. The summed E-state index contributed by atoms with van der Waals surface area (Å²) in [4.78, 5) is 55.3. The fourth-order valence-corrected chi connectivity index (χ4v) is 7.53. The van der Waals surface area contributed by atoms with Crippen LogP contribution >= 0.6 is 11.8 Å². The van der Waals surface area contributed by atoms with Crippen LogP contribution in [0.4, 0.5) is 0 Å². The van der Waals surface area contributed by atoms with Crippen molar-refractivity contribution in [3.8, 4) is 0 Å². The van der Waals surface area contributed by atoms with E-state index in [0.29, 0.717) is 49.9 Å². The van der Waals surface area contributed by atoms with E-state index >= 15 is 0 Å². The van der Waals surface area contributed by atoms with Crippen LogP contribution in [-0.4, -0.2) is 101 Å². The van der Waals surface area contributed by atoms with E-state index in [1.165, 1.54) is 16.7 Å². The number of aliphatic hydroxyl groups is 1. The third kappa shape index (κ3) is 7.80. The third-order valence-corrected chi connectivity index (χ3v) is 9.77. The highest BCUT2D eigenvalue weighted by atomic mass is 32.2. The first kappa shape index (κ1) is 32.2. The molecular formula is C29H43N5O7S. The summed E-state index contributed by atoms with van der Waals surface area (Å²) in [6.45, 7) is 5.40. The number of unbranched alkanes of at least 4 members (excludes halogenated alkanes) is 1. The van der Waals surface area contributed by atoms with Gasteiger partial charge < -0.3 is 35.8 Å². The molecule has 2 unspecified atom stereocenters. The van der Waals surface area contributed by atoms with E-state index in [1.807, 2.05) is 19.3 Å². The molecule has 2 saturated heterocycles. The van der Waals surface area contributed by atoms with Crippen molar-refractivity contribution in [3.63, 3.8) is 0 Å². The quantitative estimate of drug-likeness (QED) is 0.127. The highest BCUT2D eigenvalue weighted by Gasteiger charge is 2.60. The number of carbonyl (C=O) groups is 4. The molecule has 0 radical (unpaired) electrons. The Morgan fingerprint density at radius 3 is 2.74 bits per heavy atom. The smallest absolute Gasteiger partial charge is 0.353 e. The van der Waals surface area contributed by atoms with Gasteiger partial charge in [-0.15, -0.1) is 11.8 Å². The molecule has 5 N–H and O–H groups in total. The van der Waals surface area contributed by atoms with Gasteiger partial charge in [0.25, 0.3) is 0 Å². The summed E-state index contributed by atoms with van der Waals surface area (Å²) in [5.41, 5.74) is 0.00250. The number of aliphatic imine (C=N–C) groups is 1. The number of hydrogen-bond acceptors (Lipinski definition) is 9. The van der Waals surface area contributed by atoms with Crippen LogP contribution in [0.2, 0.25) is 0 Å². The zero-order chi connectivity index (χ0) is 30.2. The van der Waals surface area contributed by atoms with Crippen molar-refractivity contribution in [2.24, 2.45) is 22.7 Å². The van der Waals surface area contributed by atoms with Gasteiger partial charge in [-0.2, -0.15) is 0 Å². The number of rotatable bonds is 16. The van der Waals surface area contributed by atoms with Gasteiger partial charge in [-0.25, -0.2) is 4.79 Å². The number of allylic oxidation sites excluding steroid dienone is 1. The van der Waals surface area contributed by atoms with Crippen molar-refractivity contribution in [2.45, 2.75) is 75.8 Å². The maximum absolute atomic E-state index is 12.7. The van der Waals surface area contributed by atoms with Crippen LogP contribution in [0, 0.1) is 17.8 Å². The number of aliphatic carboxylic acids is 1. The Hall–Kier alpha value is -2.74. The number of carboxylic acid groups (broad SMARTS) is 1. The average molecular weight is 606 g/mol. The summed E-state index contributed by atoms with van der Waals surface area (Å²) < 4.78 is 5.46. The Morgan fingerprint density at radius 2 is 2.02 bits per heavy atom. The van der Waals surface area contributed by atoms with Gasteiger partial charge in [0.1, 0.15) is 12.3 Å². The number of β-lactam (4-membered cyclic amide) rings is 1. The molecule has 0 spiro atoms. The monoisotopic (exact) mass is 605 g/mol. The lowest BCUT2D eigenvalue weighted by Crippen LogP contribution is -2.63. The van der Waals surface area contributed by atoms with E-state index in [-0.39, 0.29) is 47.2 Å². The minimum Gasteiger partial charge on any atom is -0.477 e. The largest absolute Gasteiger partial charge is 0.477 e. The molecule has 13 heteroatoms. The lowest BCUT2D eigenvalue weighted by Gasteiger charge is -2.46. The minimum atomic E-state index is -1.15. The van der Waals surface area contributed by atoms with Crippen LogP contribution in [0.15, 0.2) is 27.9 Å². The molecule has 0 aliphatic carbocycles. The van der Waals surface area contributed by atoms with Gasteiger partial charge >= 0.3 is 5.97 Å². The number of carbonyl (C=O) groups excluding carboxylic acids is 3. The summed E-state index contributed by atoms with van der Waals surface area (Å²) in [6.07, 6.45) is 10.2. The number of hydrogen-bond donors (Lipinski definition) is 5. The van der Waals surface area contributed by atoms with Gasteiger partial charge in [0, 0.05) is 54.7 Å². The number of amides is 3. The molecule has 2 fully saturated rings. The second kappa shape index (κ2) is 15.1. The summed E-state index contributed by atoms with van der Waals surface area (Å²) >= 11 is 1.41. The maximum atomic E-state index is 12.7. The van der Waals surface area contributed by atoms with E-state index in [0.717, 1.165) is 25.7 Å². The molecule has 4 rings (SSSR count). The zero-order valence-electron chi connectivity index (χ0n) is 24.3. The van der Waals surface area contributed by atoms with Crippen LogP contribution in [0.1, 0.15) is 52.4 Å². The Balaban J connectivity index is 1.08. The first-order chi connectivity index (χ1) is 20.2. The van der Waals surface area contributed by atoms with E-state index in [1.54, 1.807) is 6.92 Å². The molecule has 7 atom stereocenters. The topological polar surface area (TPSA) is 170 Å². The second-order valence-electron chi connectivity index (χ2n) is 11.4. The van der Waals surface area contributed by atoms with Gasteiger partial charge in [-0.3, -0.25) is 19.4 Å². The molecule has 0 bridgehead atoms. The molecule has 12 nitrogen and oxygen atoms in total. The average Bonchev–Trinajstić information content (AvgIpc) is 3.52. The SMILES string of the molecule is C[C@H]1C(S[C@@H]2CN[C@H](C(=O)NCCCNC(=O)COCCCCC3C=NC=CC3)C2)=C(C(=O)O)N2C(=O)[C@H]([C@@H](C)O)C12. The summed E-state index contributed by atoms with van der Waals surface area (Å²) in [5.74, 6) is -2.11. The number of carboxylic acids is 1. The van der Waals surface area contributed by atoms with Crippen LogP contribution in [-0.2, 0) is 23.9 Å². The van der Waals surface area contributed by atoms with Crippen molar-refractivity contribution in [2.75, 3.05) is 32.8 Å². The molecule has 232 valence electrons. The summed E-state index contributed by atoms with van der Waals surface area (Å²) in [5, 5.41) is 28.7. The molecule has 0 aromatic rings. The summed E-state index contributed by atoms with van der Waals surface area (Å²) in [7, 11) is 0. The molecular weight excluding hydrogens is 562 g/mol. The molecule has 0 aromatic carbocycles. The van der Waals surface area contributed by atoms with Crippen molar-refractivity contribution < 1.29 is 34.1 Å². The van der Waals surface area contributed by atoms with Gasteiger partial charge in [-0.05, 0) is 44.9 Å². The van der Waals surface area contributed by atoms with Crippen LogP contribution in [0.5, 0.6) is 0 Å². The van der Waals surface area contributed by atoms with Crippen molar-refractivity contribution in [3.05, 3.63) is 22.9 Å². The molecule has 4 heterocycles. The minimum absolute atomic E-state index is 0.00250. The molecule has 0 saturated carbocycles. The van der Waals surface area contributed by atoms with E-state index in [4.69, 9.17) is 4.74 Å². The van der Waals surface area contributed by atoms with Crippen molar-refractivity contribution in [1.82, 2.24) is 20.9 Å². The van der Waals surface area contributed by atoms with E-state index in [2.05, 4.69) is 27.0 Å². The first-order valence-electron chi connectivity index (χ1n) is 14.9. The predicted octanol–water partition coefficient (Wildman–Crippen LogP) is 1.02. The maximum Gasteiger partial charge on any atom is 0.353 e. The normalized spacial score (nSPS) is 28.9. The Bertz CT molecular complexity index is 1110. The van der Waals surface area contributed by atoms with Gasteiger partial charge in [0.2, 0.25) is 17.7 Å². The fourth-order valence-electron chi connectivity index (χ4n) is 6.05. The fraction of sp³-hybridized carbons (Fsp3) is 0.690. The third-order valence-electron chi connectivity index (χ3n) is 8.26. The molecule has 4 aliphatic heterocycles. The second-order valence-corrected chi connectivity index (χ2v) is 12.8.